The summed E-state index contributed by atoms with van der Waals surface area (Å²) in [5.74, 6) is -0.537. The fraction of sp³-hybridized carbons (Fsp3) is 0.562. The Balaban J connectivity index is 2.03. The normalized spacial score (nSPS) is 22.4. The summed E-state index contributed by atoms with van der Waals surface area (Å²) < 4.78 is 18.6. The van der Waals surface area contributed by atoms with Gasteiger partial charge in [0.25, 0.3) is 8.32 Å². The third-order valence-electron chi connectivity index (χ3n) is 7.23. The number of alkyl carbamates (subject to hydrolysis) is 1. The van der Waals surface area contributed by atoms with E-state index in [0.29, 0.717) is 19.3 Å². The van der Waals surface area contributed by atoms with Gasteiger partial charge in [-0.3, -0.25) is 0 Å². The summed E-state index contributed by atoms with van der Waals surface area (Å²) >= 11 is 0. The van der Waals surface area contributed by atoms with Crippen LogP contribution in [0.4, 0.5) is 4.79 Å². The third-order valence-corrected chi connectivity index (χ3v) is 12.3. The molecule has 7 nitrogen and oxygen atoms in total. The number of hydrogen-bond donors (Lipinski definition) is 2. The lowest BCUT2D eigenvalue weighted by molar-refractivity contribution is -0.165. The smallest absolute Gasteiger partial charge is 0.407 e. The van der Waals surface area contributed by atoms with Crippen LogP contribution in [0.25, 0.3) is 0 Å². The van der Waals surface area contributed by atoms with Crippen LogP contribution in [-0.2, 0) is 18.7 Å². The van der Waals surface area contributed by atoms with E-state index in [-0.39, 0.29) is 11.1 Å². The summed E-state index contributed by atoms with van der Waals surface area (Å²) in [5, 5.41) is 5.04. The molecule has 2 aromatic rings. The van der Waals surface area contributed by atoms with Gasteiger partial charge in [0.2, 0.25) is 0 Å². The maximum absolute atomic E-state index is 13.4. The van der Waals surface area contributed by atoms with E-state index in [4.69, 9.17) is 19.6 Å². The minimum atomic E-state index is -2.86. The topological polar surface area (TPSA) is 99.9 Å². The molecule has 0 bridgehead atoms. The van der Waals surface area contributed by atoms with Crippen LogP contribution in [0.15, 0.2) is 60.7 Å². The molecular formula is C32H48N2O5Si. The Morgan fingerprint density at radius 1 is 0.825 bits per heavy atom. The zero-order valence-electron chi connectivity index (χ0n) is 25.7. The lowest BCUT2D eigenvalue weighted by Gasteiger charge is -2.49. The van der Waals surface area contributed by atoms with Crippen molar-refractivity contribution in [2.24, 2.45) is 5.73 Å². The molecule has 1 amide bonds. The highest BCUT2D eigenvalue weighted by Crippen LogP contribution is 2.40. The van der Waals surface area contributed by atoms with Crippen LogP contribution in [0, 0.1) is 0 Å². The molecule has 1 aliphatic rings. The second kappa shape index (κ2) is 11.7. The molecule has 0 radical (unpaired) electrons. The molecule has 0 saturated heterocycles. The first-order chi connectivity index (χ1) is 18.4. The zero-order valence-corrected chi connectivity index (χ0v) is 26.7. The highest BCUT2D eigenvalue weighted by atomic mass is 28.4. The van der Waals surface area contributed by atoms with Crippen LogP contribution >= 0.6 is 0 Å². The molecule has 40 heavy (non-hydrogen) atoms. The van der Waals surface area contributed by atoms with Crippen molar-refractivity contribution in [1.29, 1.82) is 0 Å². The maximum Gasteiger partial charge on any atom is 0.407 e. The number of esters is 1. The molecule has 0 heterocycles. The predicted molar refractivity (Wildman–Crippen MR) is 162 cm³/mol. The molecule has 1 saturated carbocycles. The van der Waals surface area contributed by atoms with Gasteiger partial charge in [0.15, 0.2) is 0 Å². The zero-order chi connectivity index (χ0) is 30.0. The molecule has 220 valence electrons. The highest BCUT2D eigenvalue weighted by Gasteiger charge is 2.55. The Morgan fingerprint density at radius 3 is 1.73 bits per heavy atom. The molecule has 0 aliphatic heterocycles. The van der Waals surface area contributed by atoms with E-state index in [1.807, 2.05) is 32.9 Å². The van der Waals surface area contributed by atoms with Gasteiger partial charge in [-0.25, -0.2) is 9.59 Å². The molecule has 3 unspecified atom stereocenters. The van der Waals surface area contributed by atoms with Crippen molar-refractivity contribution in [2.75, 3.05) is 0 Å². The van der Waals surface area contributed by atoms with Crippen molar-refractivity contribution in [3.05, 3.63) is 60.7 Å². The number of nitrogens with one attached hydrogen (secondary N) is 1. The lowest BCUT2D eigenvalue weighted by Crippen LogP contribution is -2.71. The highest BCUT2D eigenvalue weighted by molar-refractivity contribution is 6.99. The molecule has 0 spiro atoms. The number of carbonyl (C=O) groups is 2. The summed E-state index contributed by atoms with van der Waals surface area (Å²) in [6.45, 7) is 17.5. The fourth-order valence-electron chi connectivity index (χ4n) is 5.47. The molecular weight excluding hydrogens is 520 g/mol. The van der Waals surface area contributed by atoms with Crippen molar-refractivity contribution in [3.63, 3.8) is 0 Å². The van der Waals surface area contributed by atoms with Crippen molar-refractivity contribution in [2.45, 2.75) is 116 Å². The number of hydrogen-bond acceptors (Lipinski definition) is 6. The first kappa shape index (κ1) is 31.8. The molecule has 3 rings (SSSR count). The van der Waals surface area contributed by atoms with Gasteiger partial charge >= 0.3 is 12.1 Å². The predicted octanol–water partition coefficient (Wildman–Crippen LogP) is 5.05. The van der Waals surface area contributed by atoms with Crippen LogP contribution in [0.2, 0.25) is 5.04 Å². The SMILES string of the molecule is CC(C)(C)OC(=O)NC1CC(O[Si](c2ccccc2)(c2ccccc2)C(C)(C)C)CCC1(N)C(=O)OC(C)(C)C. The molecule has 1 aliphatic carbocycles. The number of benzene rings is 2. The van der Waals surface area contributed by atoms with Crippen molar-refractivity contribution >= 4 is 30.8 Å². The van der Waals surface area contributed by atoms with E-state index in [9.17, 15) is 9.59 Å². The van der Waals surface area contributed by atoms with E-state index in [0.717, 1.165) is 0 Å². The van der Waals surface area contributed by atoms with E-state index in [2.05, 4.69) is 74.6 Å². The molecule has 0 aromatic heterocycles. The number of nitrogens with two attached hydrogens (primary N) is 1. The summed E-state index contributed by atoms with van der Waals surface area (Å²) in [6, 6.07) is 20.1. The van der Waals surface area contributed by atoms with Crippen LogP contribution in [-0.4, -0.2) is 49.3 Å². The number of amides is 1. The van der Waals surface area contributed by atoms with Crippen LogP contribution in [0.1, 0.15) is 81.6 Å². The van der Waals surface area contributed by atoms with Gasteiger partial charge in [-0.1, -0.05) is 81.4 Å². The first-order valence-electron chi connectivity index (χ1n) is 14.2. The lowest BCUT2D eigenvalue weighted by atomic mass is 9.76. The summed E-state index contributed by atoms with van der Waals surface area (Å²) in [5.41, 5.74) is 3.97. The van der Waals surface area contributed by atoms with Gasteiger partial charge in [-0.2, -0.15) is 0 Å². The van der Waals surface area contributed by atoms with E-state index in [1.165, 1.54) is 10.4 Å². The van der Waals surface area contributed by atoms with E-state index in [1.54, 1.807) is 20.8 Å². The standard InChI is InChI=1S/C32H48N2O5Si/c1-29(2,3)37-27(35)32(33)21-20-23(22-26(32)34-28(36)38-30(4,5)6)39-40(31(7,8)9,24-16-12-10-13-17-24)25-18-14-11-15-19-25/h10-19,23,26H,20-22,33H2,1-9H3,(H,34,36). The molecule has 8 heteroatoms. The Kier molecular flexibility index (Phi) is 9.28. The third kappa shape index (κ3) is 7.33. The van der Waals surface area contributed by atoms with Gasteiger partial charge in [0.05, 0.1) is 6.04 Å². The minimum absolute atomic E-state index is 0.216. The van der Waals surface area contributed by atoms with Crippen molar-refractivity contribution in [1.82, 2.24) is 5.32 Å². The largest absolute Gasteiger partial charge is 0.459 e. The van der Waals surface area contributed by atoms with Gasteiger partial charge in [-0.15, -0.1) is 0 Å². The van der Waals surface area contributed by atoms with E-state index >= 15 is 0 Å². The van der Waals surface area contributed by atoms with Gasteiger partial charge in [0, 0.05) is 6.10 Å². The average molecular weight is 569 g/mol. The monoisotopic (exact) mass is 568 g/mol. The fourth-order valence-corrected chi connectivity index (χ4v) is 10.2. The van der Waals surface area contributed by atoms with Crippen LogP contribution in [0.3, 0.4) is 0 Å². The second-order valence-electron chi connectivity index (χ2n) is 13.9. The van der Waals surface area contributed by atoms with Crippen LogP contribution in [0.5, 0.6) is 0 Å². The van der Waals surface area contributed by atoms with Gasteiger partial charge in [-0.05, 0) is 76.2 Å². The van der Waals surface area contributed by atoms with E-state index < -0.39 is 43.2 Å². The van der Waals surface area contributed by atoms with Crippen molar-refractivity contribution in [3.8, 4) is 0 Å². The molecule has 1 fully saturated rings. The summed E-state index contributed by atoms with van der Waals surface area (Å²) in [7, 11) is -2.86. The Bertz CT molecular complexity index is 1110. The maximum atomic E-state index is 13.4. The Hall–Kier alpha value is -2.68. The molecule has 3 N–H and O–H groups in total. The Labute approximate surface area is 241 Å². The number of ether oxygens (including phenoxy) is 2. The van der Waals surface area contributed by atoms with Crippen LogP contribution < -0.4 is 21.4 Å². The number of carbonyl (C=O) groups excluding carboxylic acids is 2. The van der Waals surface area contributed by atoms with Gasteiger partial charge in [0.1, 0.15) is 16.7 Å². The molecule has 2 aromatic carbocycles. The summed E-state index contributed by atoms with van der Waals surface area (Å²) in [4.78, 5) is 26.4. The number of rotatable bonds is 6. The van der Waals surface area contributed by atoms with Crippen molar-refractivity contribution < 1.29 is 23.5 Å². The van der Waals surface area contributed by atoms with Gasteiger partial charge < -0.3 is 25.0 Å². The second-order valence-corrected chi connectivity index (χ2v) is 18.2. The minimum Gasteiger partial charge on any atom is -0.459 e. The summed E-state index contributed by atoms with van der Waals surface area (Å²) in [6.07, 6.45) is 0.310. The average Bonchev–Trinajstić information content (AvgIpc) is 2.82. The first-order valence-corrected chi connectivity index (χ1v) is 16.1. The quantitative estimate of drug-likeness (QED) is 0.374. The molecule has 3 atom stereocenters. The Morgan fingerprint density at radius 2 is 1.30 bits per heavy atom.